The molecule has 2 N–H and O–H groups in total. The predicted octanol–water partition coefficient (Wildman–Crippen LogP) is 4.26. The number of rotatable bonds is 3. The third kappa shape index (κ3) is 3.00. The summed E-state index contributed by atoms with van der Waals surface area (Å²) in [6.07, 6.45) is 2.36. The Labute approximate surface area is 131 Å². The molecule has 1 aromatic carbocycles. The first-order valence-corrected chi connectivity index (χ1v) is 7.80. The highest BCUT2D eigenvalue weighted by Crippen LogP contribution is 2.35. The van der Waals surface area contributed by atoms with Crippen LogP contribution in [0.25, 0.3) is 0 Å². The van der Waals surface area contributed by atoms with Crippen LogP contribution < -0.4 is 5.73 Å². The van der Waals surface area contributed by atoms with Gasteiger partial charge in [-0.2, -0.15) is 0 Å². The van der Waals surface area contributed by atoms with Gasteiger partial charge in [-0.1, -0.05) is 19.1 Å². The molecule has 4 heteroatoms. The number of benzene rings is 1. The van der Waals surface area contributed by atoms with E-state index in [1.165, 1.54) is 18.4 Å². The fourth-order valence-electron chi connectivity index (χ4n) is 3.04. The lowest BCUT2D eigenvalue weighted by Gasteiger charge is -2.35. The highest BCUT2D eigenvalue weighted by atomic mass is 35.5. The Hall–Kier alpha value is -1.03. The van der Waals surface area contributed by atoms with Gasteiger partial charge >= 0.3 is 0 Å². The molecule has 1 unspecified atom stereocenters. The third-order valence-corrected chi connectivity index (χ3v) is 4.93. The molecule has 0 spiro atoms. The fourth-order valence-corrected chi connectivity index (χ4v) is 3.97. The van der Waals surface area contributed by atoms with E-state index in [-0.39, 0.29) is 12.4 Å². The Bertz CT molecular complexity index is 567. The summed E-state index contributed by atoms with van der Waals surface area (Å²) in [5.74, 6) is 0. The first-order valence-electron chi connectivity index (χ1n) is 6.92. The molecule has 1 aliphatic heterocycles. The summed E-state index contributed by atoms with van der Waals surface area (Å²) in [4.78, 5) is 4.17. The molecule has 0 bridgehead atoms. The molecule has 3 rings (SSSR count). The maximum absolute atomic E-state index is 5.87. The van der Waals surface area contributed by atoms with Gasteiger partial charge in [0.2, 0.25) is 0 Å². The number of nitrogens with zero attached hydrogens (tertiary/aromatic N) is 1. The van der Waals surface area contributed by atoms with Crippen LogP contribution in [0.1, 0.15) is 35.4 Å². The first kappa shape index (κ1) is 15.4. The molecule has 108 valence electrons. The van der Waals surface area contributed by atoms with Crippen molar-refractivity contribution in [2.45, 2.75) is 32.4 Å². The maximum Gasteiger partial charge on any atom is 0.0360 e. The molecule has 0 amide bonds. The van der Waals surface area contributed by atoms with Crippen LogP contribution in [0, 0.1) is 0 Å². The Balaban J connectivity index is 0.00000147. The van der Waals surface area contributed by atoms with Gasteiger partial charge in [-0.25, -0.2) is 0 Å². The van der Waals surface area contributed by atoms with Crippen LogP contribution in [-0.4, -0.2) is 11.4 Å². The van der Waals surface area contributed by atoms with Gasteiger partial charge in [0.05, 0.1) is 0 Å². The molecule has 0 radical (unpaired) electrons. The van der Waals surface area contributed by atoms with Crippen LogP contribution in [0.3, 0.4) is 0 Å². The van der Waals surface area contributed by atoms with Crippen molar-refractivity contribution >= 4 is 29.4 Å². The molecule has 2 nitrogen and oxygen atoms in total. The number of nitrogen functional groups attached to an aromatic ring is 1. The number of anilines is 1. The quantitative estimate of drug-likeness (QED) is 0.858. The zero-order chi connectivity index (χ0) is 13.2. The Kier molecular flexibility index (Phi) is 5.08. The summed E-state index contributed by atoms with van der Waals surface area (Å²) < 4.78 is 0. The zero-order valence-electron chi connectivity index (χ0n) is 11.7. The average molecular weight is 309 g/mol. The van der Waals surface area contributed by atoms with Crippen molar-refractivity contribution in [3.8, 4) is 0 Å². The SMILES string of the molecule is CCC1c2ccsc2CCN1Cc1cccc(N)c1.Cl. The van der Waals surface area contributed by atoms with Crippen LogP contribution in [0.2, 0.25) is 0 Å². The molecule has 2 heterocycles. The Morgan fingerprint density at radius 2 is 2.20 bits per heavy atom. The number of fused-ring (bicyclic) bond motifs is 1. The van der Waals surface area contributed by atoms with Gasteiger partial charge < -0.3 is 5.73 Å². The van der Waals surface area contributed by atoms with Crippen molar-refractivity contribution in [1.29, 1.82) is 0 Å². The van der Waals surface area contributed by atoms with Crippen molar-refractivity contribution in [2.24, 2.45) is 0 Å². The lowest BCUT2D eigenvalue weighted by Crippen LogP contribution is -2.33. The average Bonchev–Trinajstić information content (AvgIpc) is 2.87. The summed E-state index contributed by atoms with van der Waals surface area (Å²) >= 11 is 1.91. The Morgan fingerprint density at radius 3 is 2.95 bits per heavy atom. The third-order valence-electron chi connectivity index (χ3n) is 3.93. The fraction of sp³-hybridized carbons (Fsp3) is 0.375. The van der Waals surface area contributed by atoms with E-state index in [1.54, 1.807) is 10.4 Å². The summed E-state index contributed by atoms with van der Waals surface area (Å²) in [6.45, 7) is 4.43. The molecule has 2 aromatic rings. The number of thiophene rings is 1. The van der Waals surface area contributed by atoms with E-state index in [0.717, 1.165) is 18.8 Å². The standard InChI is InChI=1S/C16H20N2S.ClH/c1-2-15-14-7-9-19-16(14)6-8-18(15)11-12-4-3-5-13(17)10-12;/h3-5,7,9-10,15H,2,6,8,11,17H2,1H3;1H. The molecule has 0 saturated carbocycles. The second-order valence-electron chi connectivity index (χ2n) is 5.19. The highest BCUT2D eigenvalue weighted by Gasteiger charge is 2.26. The molecule has 0 aliphatic carbocycles. The number of hydrogen-bond acceptors (Lipinski definition) is 3. The minimum atomic E-state index is 0. The minimum absolute atomic E-state index is 0. The molecule has 1 aliphatic rings. The molecule has 20 heavy (non-hydrogen) atoms. The van der Waals surface area contributed by atoms with Gasteiger partial charge in [0.25, 0.3) is 0 Å². The summed E-state index contributed by atoms with van der Waals surface area (Å²) in [6, 6.07) is 11.1. The Morgan fingerprint density at radius 1 is 1.35 bits per heavy atom. The van der Waals surface area contributed by atoms with E-state index in [0.29, 0.717) is 6.04 Å². The van der Waals surface area contributed by atoms with Gasteiger partial charge in [-0.05, 0) is 47.5 Å². The van der Waals surface area contributed by atoms with Crippen LogP contribution in [-0.2, 0) is 13.0 Å². The second-order valence-corrected chi connectivity index (χ2v) is 6.19. The molecule has 0 saturated heterocycles. The zero-order valence-corrected chi connectivity index (χ0v) is 13.3. The molecular weight excluding hydrogens is 288 g/mol. The molecule has 1 atom stereocenters. The van der Waals surface area contributed by atoms with E-state index in [9.17, 15) is 0 Å². The van der Waals surface area contributed by atoms with Crippen molar-refractivity contribution in [2.75, 3.05) is 12.3 Å². The topological polar surface area (TPSA) is 29.3 Å². The van der Waals surface area contributed by atoms with Crippen LogP contribution in [0.4, 0.5) is 5.69 Å². The van der Waals surface area contributed by atoms with Crippen molar-refractivity contribution in [3.05, 3.63) is 51.7 Å². The van der Waals surface area contributed by atoms with Crippen LogP contribution in [0.15, 0.2) is 35.7 Å². The minimum Gasteiger partial charge on any atom is -0.399 e. The summed E-state index contributed by atoms with van der Waals surface area (Å²) in [7, 11) is 0. The van der Waals surface area contributed by atoms with E-state index < -0.39 is 0 Å². The van der Waals surface area contributed by atoms with Crippen molar-refractivity contribution < 1.29 is 0 Å². The van der Waals surface area contributed by atoms with Gasteiger partial charge in [0, 0.05) is 29.7 Å². The second kappa shape index (κ2) is 6.61. The van der Waals surface area contributed by atoms with Crippen molar-refractivity contribution in [3.63, 3.8) is 0 Å². The van der Waals surface area contributed by atoms with Gasteiger partial charge in [0.1, 0.15) is 0 Å². The van der Waals surface area contributed by atoms with Gasteiger partial charge in [-0.3, -0.25) is 4.90 Å². The maximum atomic E-state index is 5.87. The molecular formula is C16H21ClN2S. The molecule has 1 aromatic heterocycles. The van der Waals surface area contributed by atoms with E-state index in [1.807, 2.05) is 23.5 Å². The lowest BCUT2D eigenvalue weighted by atomic mass is 9.97. The molecule has 0 fully saturated rings. The summed E-state index contributed by atoms with van der Waals surface area (Å²) in [5.41, 5.74) is 9.59. The van der Waals surface area contributed by atoms with E-state index in [2.05, 4.69) is 35.4 Å². The predicted molar refractivity (Wildman–Crippen MR) is 89.6 cm³/mol. The first-order chi connectivity index (χ1) is 9.28. The lowest BCUT2D eigenvalue weighted by molar-refractivity contribution is 0.173. The van der Waals surface area contributed by atoms with Gasteiger partial charge in [-0.15, -0.1) is 23.7 Å². The highest BCUT2D eigenvalue weighted by molar-refractivity contribution is 7.10. The van der Waals surface area contributed by atoms with E-state index >= 15 is 0 Å². The van der Waals surface area contributed by atoms with Crippen LogP contribution >= 0.6 is 23.7 Å². The van der Waals surface area contributed by atoms with Crippen LogP contribution in [0.5, 0.6) is 0 Å². The summed E-state index contributed by atoms with van der Waals surface area (Å²) in [5, 5.41) is 2.23. The largest absolute Gasteiger partial charge is 0.399 e. The number of nitrogens with two attached hydrogens (primary N) is 1. The van der Waals surface area contributed by atoms with E-state index in [4.69, 9.17) is 5.73 Å². The monoisotopic (exact) mass is 308 g/mol. The van der Waals surface area contributed by atoms with Gasteiger partial charge in [0.15, 0.2) is 0 Å². The number of hydrogen-bond donors (Lipinski definition) is 1. The normalized spacial score (nSPS) is 18.4. The van der Waals surface area contributed by atoms with Crippen molar-refractivity contribution in [1.82, 2.24) is 4.90 Å². The smallest absolute Gasteiger partial charge is 0.0360 e. The number of halogens is 1.